The van der Waals surface area contributed by atoms with Crippen molar-refractivity contribution in [1.29, 1.82) is 0 Å². The number of aryl methyl sites for hydroxylation is 3. The van der Waals surface area contributed by atoms with E-state index in [0.29, 0.717) is 40.5 Å². The van der Waals surface area contributed by atoms with Gasteiger partial charge in [0, 0.05) is 24.7 Å². The molecule has 3 aromatic heterocycles. The number of aromatic nitrogens is 5. The van der Waals surface area contributed by atoms with Crippen LogP contribution in [0, 0.1) is 24.4 Å². The average Bonchev–Trinajstić information content (AvgIpc) is 3.28. The molecular formula is C20H19FN6O3S. The first-order valence-electron chi connectivity index (χ1n) is 9.55. The van der Waals surface area contributed by atoms with Crippen LogP contribution in [0.3, 0.4) is 0 Å². The maximum atomic E-state index is 13.7. The van der Waals surface area contributed by atoms with Gasteiger partial charge in [0.2, 0.25) is 16.5 Å². The minimum absolute atomic E-state index is 0.205. The number of carbonyl (C=O) groups excluding carboxylic acids is 1. The van der Waals surface area contributed by atoms with Crippen LogP contribution < -0.4 is 10.9 Å². The first kappa shape index (κ1) is 20.7. The molecule has 4 aromatic rings. The molecule has 31 heavy (non-hydrogen) atoms. The van der Waals surface area contributed by atoms with Crippen LogP contribution in [0.25, 0.3) is 22.8 Å². The lowest BCUT2D eigenvalue weighted by atomic mass is 10.2. The molecule has 2 N–H and O–H groups in total. The lowest BCUT2D eigenvalue weighted by Gasteiger charge is -2.10. The molecule has 0 fully saturated rings. The lowest BCUT2D eigenvalue weighted by Crippen LogP contribution is -2.27. The molecule has 0 unspecified atom stereocenters. The Kier molecular flexibility index (Phi) is 5.51. The van der Waals surface area contributed by atoms with Gasteiger partial charge >= 0.3 is 0 Å². The highest BCUT2D eigenvalue weighted by Gasteiger charge is 2.14. The zero-order chi connectivity index (χ0) is 22.1. The predicted molar refractivity (Wildman–Crippen MR) is 115 cm³/mol. The molecule has 160 valence electrons. The molecule has 1 amide bonds. The summed E-state index contributed by atoms with van der Waals surface area (Å²) in [6, 6.07) is 3.95. The van der Waals surface area contributed by atoms with Gasteiger partial charge in [0.05, 0.1) is 16.6 Å². The normalized spacial score (nSPS) is 11.7. The van der Waals surface area contributed by atoms with Crippen LogP contribution in [-0.2, 0) is 11.3 Å². The van der Waals surface area contributed by atoms with Crippen LogP contribution >= 0.6 is 12.2 Å². The van der Waals surface area contributed by atoms with Crippen molar-refractivity contribution < 1.29 is 13.7 Å². The van der Waals surface area contributed by atoms with E-state index in [1.54, 1.807) is 24.3 Å². The average molecular weight is 442 g/mol. The number of halogens is 1. The number of amides is 1. The van der Waals surface area contributed by atoms with Crippen molar-refractivity contribution >= 4 is 40.9 Å². The van der Waals surface area contributed by atoms with E-state index in [1.807, 2.05) is 0 Å². The Labute approximate surface area is 180 Å². The van der Waals surface area contributed by atoms with E-state index in [1.165, 1.54) is 28.8 Å². The minimum atomic E-state index is -0.511. The highest BCUT2D eigenvalue weighted by atomic mass is 32.1. The number of hydrogen-bond donors (Lipinski definition) is 2. The van der Waals surface area contributed by atoms with E-state index in [0.717, 1.165) is 5.56 Å². The number of nitrogens with zero attached hydrogens (tertiary/aromatic N) is 4. The van der Waals surface area contributed by atoms with Crippen molar-refractivity contribution in [2.24, 2.45) is 0 Å². The van der Waals surface area contributed by atoms with Gasteiger partial charge in [0.1, 0.15) is 11.6 Å². The number of aromatic amines is 1. The van der Waals surface area contributed by atoms with Crippen LogP contribution in [0.5, 0.6) is 0 Å². The Morgan fingerprint density at radius 1 is 1.39 bits per heavy atom. The second-order valence-corrected chi connectivity index (χ2v) is 7.38. The minimum Gasteiger partial charge on any atom is -0.361 e. The van der Waals surface area contributed by atoms with E-state index in [9.17, 15) is 14.0 Å². The van der Waals surface area contributed by atoms with Gasteiger partial charge in [-0.3, -0.25) is 18.6 Å². The molecule has 4 rings (SSSR count). The fourth-order valence-corrected chi connectivity index (χ4v) is 3.62. The molecule has 0 spiro atoms. The van der Waals surface area contributed by atoms with Crippen molar-refractivity contribution in [2.75, 3.05) is 6.54 Å². The summed E-state index contributed by atoms with van der Waals surface area (Å²) in [7, 11) is 0. The van der Waals surface area contributed by atoms with Crippen molar-refractivity contribution in [1.82, 2.24) is 29.6 Å². The molecule has 0 atom stereocenters. The summed E-state index contributed by atoms with van der Waals surface area (Å²) in [4.78, 5) is 25.0. The molecule has 0 saturated heterocycles. The fraction of sp³-hybridized carbons (Fsp3) is 0.250. The fourth-order valence-electron chi connectivity index (χ4n) is 3.39. The third kappa shape index (κ3) is 3.91. The van der Waals surface area contributed by atoms with E-state index in [4.69, 9.17) is 16.7 Å². The van der Waals surface area contributed by atoms with Gasteiger partial charge in [-0.05, 0) is 56.8 Å². The van der Waals surface area contributed by atoms with Crippen LogP contribution in [0.2, 0.25) is 0 Å². The summed E-state index contributed by atoms with van der Waals surface area (Å²) in [5.74, 6) is 0.178. The van der Waals surface area contributed by atoms with Crippen molar-refractivity contribution in [3.63, 3.8) is 0 Å². The summed E-state index contributed by atoms with van der Waals surface area (Å²) in [6.45, 7) is 4.16. The van der Waals surface area contributed by atoms with Gasteiger partial charge in [0.25, 0.3) is 5.56 Å². The van der Waals surface area contributed by atoms with E-state index >= 15 is 0 Å². The molecule has 11 heteroatoms. The summed E-state index contributed by atoms with van der Waals surface area (Å²) in [6.07, 6.45) is 3.51. The van der Waals surface area contributed by atoms with Crippen molar-refractivity contribution in [2.45, 2.75) is 26.8 Å². The summed E-state index contributed by atoms with van der Waals surface area (Å²) in [5, 5.41) is 13.6. The van der Waals surface area contributed by atoms with Gasteiger partial charge in [-0.1, -0.05) is 5.16 Å². The molecule has 0 aliphatic heterocycles. The van der Waals surface area contributed by atoms with Crippen LogP contribution in [-0.4, -0.2) is 36.8 Å². The van der Waals surface area contributed by atoms with Gasteiger partial charge in [0.15, 0.2) is 0 Å². The first-order valence-corrected chi connectivity index (χ1v) is 9.95. The third-order valence-corrected chi connectivity index (χ3v) is 5.19. The van der Waals surface area contributed by atoms with Crippen molar-refractivity contribution in [3.8, 4) is 0 Å². The van der Waals surface area contributed by atoms with E-state index in [2.05, 4.69) is 20.7 Å². The Hall–Kier alpha value is -3.60. The van der Waals surface area contributed by atoms with Crippen LogP contribution in [0.15, 0.2) is 33.6 Å². The van der Waals surface area contributed by atoms with Crippen LogP contribution in [0.1, 0.15) is 23.4 Å². The van der Waals surface area contributed by atoms with E-state index < -0.39 is 5.82 Å². The summed E-state index contributed by atoms with van der Waals surface area (Å²) in [5.41, 5.74) is 1.58. The number of benzene rings is 1. The largest absolute Gasteiger partial charge is 0.361 e. The third-order valence-electron chi connectivity index (χ3n) is 4.92. The number of hydrogen-bond acceptors (Lipinski definition) is 6. The molecule has 0 aliphatic carbocycles. The SMILES string of the molecule is Cc1noc(C)c1C=CC(=O)NCCCn1c(=O)c2cc(F)ccc2n2c(=S)[nH]nc12. The second-order valence-electron chi connectivity index (χ2n) is 7.00. The molecule has 0 bridgehead atoms. The Morgan fingerprint density at radius 2 is 2.19 bits per heavy atom. The Bertz CT molecular complexity index is 1430. The topological polar surface area (TPSA) is 110 Å². The lowest BCUT2D eigenvalue weighted by molar-refractivity contribution is -0.116. The van der Waals surface area contributed by atoms with Crippen molar-refractivity contribution in [3.05, 3.63) is 62.2 Å². The molecule has 1 aromatic carbocycles. The number of rotatable bonds is 6. The molecule has 0 aliphatic rings. The standard InChI is InChI=1S/C20H19FN6O3S/c1-11-14(12(2)30-25-11)5-7-17(28)22-8-3-9-26-18(29)15-10-13(21)4-6-16(15)27-19(26)23-24-20(27)31/h4-7,10H,3,8-9H2,1-2H3,(H,22,28)(H,24,31). The molecule has 9 nitrogen and oxygen atoms in total. The smallest absolute Gasteiger partial charge is 0.262 e. The monoisotopic (exact) mass is 442 g/mol. The summed E-state index contributed by atoms with van der Waals surface area (Å²) >= 11 is 5.26. The zero-order valence-corrected chi connectivity index (χ0v) is 17.6. The van der Waals surface area contributed by atoms with Gasteiger partial charge < -0.3 is 9.84 Å². The van der Waals surface area contributed by atoms with Crippen LogP contribution in [0.4, 0.5) is 4.39 Å². The first-order chi connectivity index (χ1) is 14.9. The predicted octanol–water partition coefficient (Wildman–Crippen LogP) is 2.67. The maximum absolute atomic E-state index is 13.7. The highest BCUT2D eigenvalue weighted by Crippen LogP contribution is 2.15. The Balaban J connectivity index is 1.49. The quantitative estimate of drug-likeness (QED) is 0.270. The molecule has 3 heterocycles. The maximum Gasteiger partial charge on any atom is 0.262 e. The second kappa shape index (κ2) is 8.26. The number of fused-ring (bicyclic) bond motifs is 3. The number of H-pyrrole nitrogens is 1. The highest BCUT2D eigenvalue weighted by molar-refractivity contribution is 7.71. The van der Waals surface area contributed by atoms with Gasteiger partial charge in [-0.2, -0.15) is 0 Å². The molecular weight excluding hydrogens is 423 g/mol. The van der Waals surface area contributed by atoms with Gasteiger partial charge in [-0.25, -0.2) is 9.49 Å². The molecule has 0 radical (unpaired) electrons. The zero-order valence-electron chi connectivity index (χ0n) is 16.8. The van der Waals surface area contributed by atoms with Gasteiger partial charge in [-0.15, -0.1) is 5.10 Å². The van der Waals surface area contributed by atoms with E-state index in [-0.39, 0.29) is 23.4 Å². The summed E-state index contributed by atoms with van der Waals surface area (Å²) < 4.78 is 22.1. The number of carbonyl (C=O) groups is 1. The number of nitrogens with one attached hydrogen (secondary N) is 2. The molecule has 0 saturated carbocycles. The Morgan fingerprint density at radius 3 is 2.94 bits per heavy atom.